The second-order valence-corrected chi connectivity index (χ2v) is 8.55. The van der Waals surface area contributed by atoms with Gasteiger partial charge in [0.05, 0.1) is 4.90 Å². The Morgan fingerprint density at radius 2 is 2.00 bits per heavy atom. The summed E-state index contributed by atoms with van der Waals surface area (Å²) < 4.78 is 26.9. The predicted octanol–water partition coefficient (Wildman–Crippen LogP) is 1.74. The lowest BCUT2D eigenvalue weighted by Crippen LogP contribution is -2.39. The number of carbonyl (C=O) groups excluding carboxylic acids is 1. The average Bonchev–Trinajstić information content (AvgIpc) is 2.59. The van der Waals surface area contributed by atoms with Gasteiger partial charge in [0.25, 0.3) is 0 Å². The lowest BCUT2D eigenvalue weighted by Gasteiger charge is -2.30. The van der Waals surface area contributed by atoms with E-state index in [1.54, 1.807) is 35.5 Å². The molecule has 8 heteroatoms. The maximum atomic E-state index is 12.7. The van der Waals surface area contributed by atoms with E-state index in [1.165, 1.54) is 0 Å². The molecule has 2 unspecified atom stereocenters. The highest BCUT2D eigenvalue weighted by atomic mass is 35.5. The molecule has 142 valence electrons. The molecule has 25 heavy (non-hydrogen) atoms. The Morgan fingerprint density at radius 3 is 2.56 bits per heavy atom. The van der Waals surface area contributed by atoms with Crippen molar-refractivity contribution in [2.45, 2.75) is 38.1 Å². The normalized spacial score (nSPS) is 19.7. The molecule has 0 aliphatic carbocycles. The van der Waals surface area contributed by atoms with Crippen molar-refractivity contribution in [3.63, 3.8) is 0 Å². The SMILES string of the molecule is CC1CCCN(S(=O)(=O)c2ccc(CNC(=O)C(C)CN)cc2)C1.Cl. The number of rotatable bonds is 6. The van der Waals surface area contributed by atoms with E-state index in [4.69, 9.17) is 5.73 Å². The van der Waals surface area contributed by atoms with Crippen molar-refractivity contribution < 1.29 is 13.2 Å². The lowest BCUT2D eigenvalue weighted by atomic mass is 10.0. The zero-order valence-corrected chi connectivity index (χ0v) is 16.4. The Balaban J connectivity index is 0.00000312. The van der Waals surface area contributed by atoms with E-state index in [2.05, 4.69) is 12.2 Å². The minimum absolute atomic E-state index is 0. The van der Waals surface area contributed by atoms with Crippen LogP contribution in [0.1, 0.15) is 32.3 Å². The minimum atomic E-state index is -3.43. The summed E-state index contributed by atoms with van der Waals surface area (Å²) >= 11 is 0. The highest BCUT2D eigenvalue weighted by molar-refractivity contribution is 7.89. The molecular formula is C17H28ClN3O3S. The maximum absolute atomic E-state index is 12.7. The first-order valence-corrected chi connectivity index (χ1v) is 9.85. The van der Waals surface area contributed by atoms with Crippen LogP contribution in [0.2, 0.25) is 0 Å². The van der Waals surface area contributed by atoms with Crippen LogP contribution in [0.4, 0.5) is 0 Å². The highest BCUT2D eigenvalue weighted by Gasteiger charge is 2.28. The van der Waals surface area contributed by atoms with Crippen LogP contribution in [0.5, 0.6) is 0 Å². The number of nitrogens with two attached hydrogens (primary N) is 1. The molecule has 1 heterocycles. The van der Waals surface area contributed by atoms with Crippen molar-refractivity contribution >= 4 is 28.3 Å². The third-order valence-corrected chi connectivity index (χ3v) is 6.33. The maximum Gasteiger partial charge on any atom is 0.243 e. The Kier molecular flexibility index (Phi) is 8.34. The summed E-state index contributed by atoms with van der Waals surface area (Å²) in [5.41, 5.74) is 6.32. The van der Waals surface area contributed by atoms with Crippen LogP contribution in [0, 0.1) is 11.8 Å². The average molecular weight is 390 g/mol. The first kappa shape index (κ1) is 21.9. The Bertz CT molecular complexity index is 664. The largest absolute Gasteiger partial charge is 0.352 e. The van der Waals surface area contributed by atoms with E-state index in [0.717, 1.165) is 18.4 Å². The molecule has 0 bridgehead atoms. The number of hydrogen-bond donors (Lipinski definition) is 2. The van der Waals surface area contributed by atoms with Gasteiger partial charge >= 0.3 is 0 Å². The third kappa shape index (κ3) is 5.67. The van der Waals surface area contributed by atoms with Gasteiger partial charge in [-0.1, -0.05) is 26.0 Å². The van der Waals surface area contributed by atoms with Gasteiger partial charge in [-0.15, -0.1) is 12.4 Å². The summed E-state index contributed by atoms with van der Waals surface area (Å²) in [6, 6.07) is 6.71. The van der Waals surface area contributed by atoms with Crippen LogP contribution in [0.25, 0.3) is 0 Å². The van der Waals surface area contributed by atoms with Crippen LogP contribution < -0.4 is 11.1 Å². The van der Waals surface area contributed by atoms with Crippen molar-refractivity contribution in [1.29, 1.82) is 0 Å². The Hall–Kier alpha value is -1.15. The topological polar surface area (TPSA) is 92.5 Å². The molecule has 0 spiro atoms. The van der Waals surface area contributed by atoms with Gasteiger partial charge in [-0.3, -0.25) is 4.79 Å². The number of nitrogens with one attached hydrogen (secondary N) is 1. The third-order valence-electron chi connectivity index (χ3n) is 4.45. The molecule has 3 N–H and O–H groups in total. The quantitative estimate of drug-likeness (QED) is 0.775. The predicted molar refractivity (Wildman–Crippen MR) is 101 cm³/mol. The Morgan fingerprint density at radius 1 is 1.36 bits per heavy atom. The smallest absolute Gasteiger partial charge is 0.243 e. The van der Waals surface area contributed by atoms with Gasteiger partial charge in [0.15, 0.2) is 0 Å². The fourth-order valence-corrected chi connectivity index (χ4v) is 4.36. The molecule has 2 rings (SSSR count). The zero-order valence-electron chi connectivity index (χ0n) is 14.8. The van der Waals surface area contributed by atoms with Gasteiger partial charge in [-0.05, 0) is 36.5 Å². The first-order chi connectivity index (χ1) is 11.3. The molecule has 1 aliphatic rings. The molecule has 1 aromatic carbocycles. The number of benzene rings is 1. The number of sulfonamides is 1. The summed E-state index contributed by atoms with van der Waals surface area (Å²) in [7, 11) is -3.43. The monoisotopic (exact) mass is 389 g/mol. The number of amides is 1. The van der Waals surface area contributed by atoms with Crippen LogP contribution >= 0.6 is 12.4 Å². The number of halogens is 1. The van der Waals surface area contributed by atoms with Gasteiger partial charge in [0, 0.05) is 32.1 Å². The molecule has 2 atom stereocenters. The standard InChI is InChI=1S/C17H27N3O3S.ClH/c1-13-4-3-9-20(12-13)24(22,23)16-7-5-15(6-8-16)11-19-17(21)14(2)10-18;/h5-8,13-14H,3-4,9-12,18H2,1-2H3,(H,19,21);1H. The molecule has 1 aliphatic heterocycles. The molecule has 0 saturated carbocycles. The van der Waals surface area contributed by atoms with E-state index in [9.17, 15) is 13.2 Å². The molecule has 1 amide bonds. The Labute approximate surface area is 156 Å². The van der Waals surface area contributed by atoms with E-state index in [0.29, 0.717) is 37.0 Å². The van der Waals surface area contributed by atoms with Crippen molar-refractivity contribution in [2.75, 3.05) is 19.6 Å². The first-order valence-electron chi connectivity index (χ1n) is 8.41. The van der Waals surface area contributed by atoms with Crippen LogP contribution in [0.3, 0.4) is 0 Å². The van der Waals surface area contributed by atoms with Gasteiger partial charge in [0.2, 0.25) is 15.9 Å². The zero-order chi connectivity index (χ0) is 17.7. The number of hydrogen-bond acceptors (Lipinski definition) is 4. The number of carbonyl (C=O) groups is 1. The van der Waals surface area contributed by atoms with Crippen molar-refractivity contribution in [3.05, 3.63) is 29.8 Å². The highest BCUT2D eigenvalue weighted by Crippen LogP contribution is 2.23. The van der Waals surface area contributed by atoms with Crippen LogP contribution in [-0.2, 0) is 21.4 Å². The summed E-state index contributed by atoms with van der Waals surface area (Å²) in [4.78, 5) is 12.0. The van der Waals surface area contributed by atoms with Crippen molar-refractivity contribution in [1.82, 2.24) is 9.62 Å². The van der Waals surface area contributed by atoms with E-state index in [1.807, 2.05) is 0 Å². The van der Waals surface area contributed by atoms with Crippen LogP contribution in [-0.4, -0.2) is 38.3 Å². The summed E-state index contributed by atoms with van der Waals surface area (Å²) in [5.74, 6) is 0.0646. The fourth-order valence-electron chi connectivity index (χ4n) is 2.76. The van der Waals surface area contributed by atoms with Gasteiger partial charge in [0.1, 0.15) is 0 Å². The van der Waals surface area contributed by atoms with Gasteiger partial charge in [-0.25, -0.2) is 8.42 Å². The number of nitrogens with zero attached hydrogens (tertiary/aromatic N) is 1. The molecule has 1 aromatic rings. The molecule has 0 aromatic heterocycles. The molecule has 1 fully saturated rings. The van der Waals surface area contributed by atoms with E-state index < -0.39 is 10.0 Å². The summed E-state index contributed by atoms with van der Waals surface area (Å²) in [5, 5.41) is 2.80. The summed E-state index contributed by atoms with van der Waals surface area (Å²) in [6.07, 6.45) is 1.98. The lowest BCUT2D eigenvalue weighted by molar-refractivity contribution is -0.124. The molecule has 6 nitrogen and oxygen atoms in total. The van der Waals surface area contributed by atoms with Gasteiger partial charge < -0.3 is 11.1 Å². The van der Waals surface area contributed by atoms with E-state index in [-0.39, 0.29) is 24.2 Å². The molecular weight excluding hydrogens is 362 g/mol. The minimum Gasteiger partial charge on any atom is -0.352 e. The molecule has 0 radical (unpaired) electrons. The second-order valence-electron chi connectivity index (χ2n) is 6.61. The van der Waals surface area contributed by atoms with E-state index >= 15 is 0 Å². The number of piperidine rings is 1. The van der Waals surface area contributed by atoms with Crippen LogP contribution in [0.15, 0.2) is 29.2 Å². The van der Waals surface area contributed by atoms with Gasteiger partial charge in [-0.2, -0.15) is 4.31 Å². The van der Waals surface area contributed by atoms with Crippen molar-refractivity contribution in [2.24, 2.45) is 17.6 Å². The van der Waals surface area contributed by atoms with Crippen molar-refractivity contribution in [3.8, 4) is 0 Å². The second kappa shape index (κ2) is 9.52. The summed E-state index contributed by atoms with van der Waals surface area (Å²) in [6.45, 7) is 5.68. The fraction of sp³-hybridized carbons (Fsp3) is 0.588. The molecule has 1 saturated heterocycles.